The van der Waals surface area contributed by atoms with E-state index >= 15 is 0 Å². The first kappa shape index (κ1) is 22.7. The number of benzene rings is 1. The lowest BCUT2D eigenvalue weighted by Crippen LogP contribution is -2.36. The van der Waals surface area contributed by atoms with Crippen molar-refractivity contribution in [3.05, 3.63) is 51.9 Å². The Kier molecular flexibility index (Phi) is 7.66. The molecule has 0 spiro atoms. The normalized spacial score (nSPS) is 11.4. The Morgan fingerprint density at radius 2 is 1.90 bits per heavy atom. The molecule has 0 radical (unpaired) electrons. The fourth-order valence-electron chi connectivity index (χ4n) is 2.64. The average molecular weight is 433 g/mol. The molecule has 10 heteroatoms. The van der Waals surface area contributed by atoms with Crippen LogP contribution in [0.3, 0.4) is 0 Å². The molecule has 2 aromatic rings. The number of esters is 1. The van der Waals surface area contributed by atoms with E-state index in [9.17, 15) is 22.8 Å². The zero-order chi connectivity index (χ0) is 21.6. The minimum Gasteiger partial charge on any atom is -0.465 e. The van der Waals surface area contributed by atoms with Gasteiger partial charge in [0.05, 0.1) is 17.9 Å². The molecule has 0 aliphatic heterocycles. The largest absolute Gasteiger partial charge is 0.465 e. The van der Waals surface area contributed by atoms with Crippen molar-refractivity contribution in [2.45, 2.75) is 39.4 Å². The van der Waals surface area contributed by atoms with E-state index in [1.165, 1.54) is 17.0 Å². The fraction of sp³-hybridized carbons (Fsp3) is 0.421. The summed E-state index contributed by atoms with van der Waals surface area (Å²) < 4.78 is 47.9. The van der Waals surface area contributed by atoms with Crippen molar-refractivity contribution in [3.8, 4) is 0 Å². The van der Waals surface area contributed by atoms with Crippen LogP contribution < -0.4 is 0 Å². The summed E-state index contributed by atoms with van der Waals surface area (Å²) in [6.07, 6.45) is -4.18. The second-order valence-corrected chi connectivity index (χ2v) is 6.61. The van der Waals surface area contributed by atoms with Gasteiger partial charge in [-0.2, -0.15) is 13.2 Å². The SMILES string of the molecule is CCOC(=O)CN(Cc1ccc(C(F)(F)F)cc1)C(=O)CCc1c(C)noc1Cl. The van der Waals surface area contributed by atoms with Gasteiger partial charge in [0.25, 0.3) is 0 Å². The molecule has 0 aliphatic carbocycles. The summed E-state index contributed by atoms with van der Waals surface area (Å²) in [5.74, 6) is -0.985. The summed E-state index contributed by atoms with van der Waals surface area (Å²) in [6, 6.07) is 4.41. The van der Waals surface area contributed by atoms with Crippen LogP contribution in [0.15, 0.2) is 28.8 Å². The highest BCUT2D eigenvalue weighted by Gasteiger charge is 2.30. The van der Waals surface area contributed by atoms with Crippen LogP contribution in [0.25, 0.3) is 0 Å². The molecule has 29 heavy (non-hydrogen) atoms. The van der Waals surface area contributed by atoms with Gasteiger partial charge >= 0.3 is 12.1 Å². The van der Waals surface area contributed by atoms with E-state index < -0.39 is 17.7 Å². The summed E-state index contributed by atoms with van der Waals surface area (Å²) in [6.45, 7) is 3.12. The molecule has 1 heterocycles. The number of carbonyl (C=O) groups is 2. The van der Waals surface area contributed by atoms with Crippen LogP contribution in [-0.4, -0.2) is 35.1 Å². The van der Waals surface area contributed by atoms with Gasteiger partial charge in [-0.3, -0.25) is 9.59 Å². The van der Waals surface area contributed by atoms with Crippen molar-refractivity contribution in [2.75, 3.05) is 13.2 Å². The van der Waals surface area contributed by atoms with Gasteiger partial charge < -0.3 is 14.2 Å². The monoisotopic (exact) mass is 432 g/mol. The van der Waals surface area contributed by atoms with Crippen molar-refractivity contribution >= 4 is 23.5 Å². The number of nitrogens with zero attached hydrogens (tertiary/aromatic N) is 2. The molecule has 0 unspecified atom stereocenters. The summed E-state index contributed by atoms with van der Waals surface area (Å²) in [5.41, 5.74) is 0.810. The molecule has 1 aromatic heterocycles. The number of aromatic nitrogens is 1. The number of carbonyl (C=O) groups excluding carboxylic acids is 2. The van der Waals surface area contributed by atoms with E-state index in [2.05, 4.69) is 5.16 Å². The summed E-state index contributed by atoms with van der Waals surface area (Å²) in [4.78, 5) is 25.8. The Labute approximate surface area is 170 Å². The highest BCUT2D eigenvalue weighted by molar-refractivity contribution is 6.29. The van der Waals surface area contributed by atoms with Crippen molar-refractivity contribution in [1.29, 1.82) is 0 Å². The highest BCUT2D eigenvalue weighted by Crippen LogP contribution is 2.29. The van der Waals surface area contributed by atoms with Crippen LogP contribution in [0.4, 0.5) is 13.2 Å². The number of hydrogen-bond donors (Lipinski definition) is 0. The summed E-state index contributed by atoms with van der Waals surface area (Å²) in [5, 5.41) is 3.80. The van der Waals surface area contributed by atoms with Crippen molar-refractivity contribution < 1.29 is 32.0 Å². The maximum absolute atomic E-state index is 12.7. The van der Waals surface area contributed by atoms with Gasteiger partial charge in [-0.15, -0.1) is 0 Å². The zero-order valence-corrected chi connectivity index (χ0v) is 16.6. The number of hydrogen-bond acceptors (Lipinski definition) is 5. The van der Waals surface area contributed by atoms with Gasteiger partial charge in [0.1, 0.15) is 6.54 Å². The molecule has 0 saturated carbocycles. The summed E-state index contributed by atoms with van der Waals surface area (Å²) >= 11 is 5.89. The molecule has 0 fully saturated rings. The van der Waals surface area contributed by atoms with Crippen LogP contribution in [0.5, 0.6) is 0 Å². The van der Waals surface area contributed by atoms with Gasteiger partial charge in [0.15, 0.2) is 0 Å². The highest BCUT2D eigenvalue weighted by atomic mass is 35.5. The molecule has 0 saturated heterocycles. The van der Waals surface area contributed by atoms with E-state index in [-0.39, 0.29) is 43.7 Å². The molecule has 1 amide bonds. The van der Waals surface area contributed by atoms with E-state index in [1.807, 2.05) is 0 Å². The van der Waals surface area contributed by atoms with Crippen LogP contribution in [0, 0.1) is 6.92 Å². The topological polar surface area (TPSA) is 72.6 Å². The Morgan fingerprint density at radius 3 is 2.41 bits per heavy atom. The molecule has 158 valence electrons. The van der Waals surface area contributed by atoms with Crippen molar-refractivity contribution in [1.82, 2.24) is 10.1 Å². The van der Waals surface area contributed by atoms with Gasteiger partial charge in [0, 0.05) is 18.5 Å². The molecule has 0 aliphatic rings. The predicted molar refractivity (Wildman–Crippen MR) is 98.1 cm³/mol. The van der Waals surface area contributed by atoms with Crippen molar-refractivity contribution in [2.24, 2.45) is 0 Å². The average Bonchev–Trinajstić information content (AvgIpc) is 2.97. The molecule has 6 nitrogen and oxygen atoms in total. The van der Waals surface area contributed by atoms with Crippen LogP contribution in [0.2, 0.25) is 5.22 Å². The first-order valence-electron chi connectivity index (χ1n) is 8.82. The quantitative estimate of drug-likeness (QED) is 0.585. The smallest absolute Gasteiger partial charge is 0.416 e. The molecule has 1 aromatic carbocycles. The second kappa shape index (κ2) is 9.78. The molecule has 0 bridgehead atoms. The number of aryl methyl sites for hydroxylation is 1. The number of alkyl halides is 3. The van der Waals surface area contributed by atoms with Crippen molar-refractivity contribution in [3.63, 3.8) is 0 Å². The Morgan fingerprint density at radius 1 is 1.24 bits per heavy atom. The third-order valence-corrected chi connectivity index (χ3v) is 4.46. The first-order chi connectivity index (χ1) is 13.6. The van der Waals surface area contributed by atoms with Gasteiger partial charge in [-0.25, -0.2) is 0 Å². The molecular weight excluding hydrogens is 413 g/mol. The lowest BCUT2D eigenvalue weighted by atomic mass is 10.1. The maximum atomic E-state index is 12.7. The lowest BCUT2D eigenvalue weighted by molar-refractivity contribution is -0.149. The van der Waals surface area contributed by atoms with E-state index in [4.69, 9.17) is 20.9 Å². The van der Waals surface area contributed by atoms with Gasteiger partial charge in [0.2, 0.25) is 11.1 Å². The van der Waals surface area contributed by atoms with E-state index in [1.54, 1.807) is 13.8 Å². The predicted octanol–water partition coefficient (Wildman–Crippen LogP) is 4.18. The van der Waals surface area contributed by atoms with E-state index in [0.29, 0.717) is 16.8 Å². The standard InChI is InChI=1S/C19H20ClF3N2O4/c1-3-28-17(27)11-25(10-13-4-6-14(7-5-13)19(21,22)23)16(26)9-8-15-12(2)24-29-18(15)20/h4-7H,3,8-11H2,1-2H3. The van der Waals surface area contributed by atoms with Gasteiger partial charge in [-0.05, 0) is 49.6 Å². The van der Waals surface area contributed by atoms with E-state index in [0.717, 1.165) is 12.1 Å². The third kappa shape index (κ3) is 6.49. The molecule has 2 rings (SSSR count). The number of ether oxygens (including phenoxy) is 1. The Hall–Kier alpha value is -2.55. The number of rotatable bonds is 8. The molecule has 0 N–H and O–H groups in total. The van der Waals surface area contributed by atoms with Crippen LogP contribution in [0.1, 0.15) is 35.7 Å². The fourth-order valence-corrected chi connectivity index (χ4v) is 2.91. The Balaban J connectivity index is 2.11. The number of amides is 1. The van der Waals surface area contributed by atoms with Crippen LogP contribution in [-0.2, 0) is 33.5 Å². The zero-order valence-electron chi connectivity index (χ0n) is 15.9. The lowest BCUT2D eigenvalue weighted by Gasteiger charge is -2.22. The van der Waals surface area contributed by atoms with Gasteiger partial charge in [-0.1, -0.05) is 17.3 Å². The summed E-state index contributed by atoms with van der Waals surface area (Å²) in [7, 11) is 0. The minimum absolute atomic E-state index is 0.0157. The Bertz CT molecular complexity index is 831. The minimum atomic E-state index is -4.45. The second-order valence-electron chi connectivity index (χ2n) is 6.27. The first-order valence-corrected chi connectivity index (χ1v) is 9.19. The molecule has 0 atom stereocenters. The molecular formula is C19H20ClF3N2O4. The van der Waals surface area contributed by atoms with Crippen LogP contribution >= 0.6 is 11.6 Å². The third-order valence-electron chi connectivity index (χ3n) is 4.16. The maximum Gasteiger partial charge on any atom is 0.416 e. The number of halogens is 4.